The maximum absolute atomic E-state index is 11.4. The number of carbonyl (C=O) groups is 1. The van der Waals surface area contributed by atoms with Crippen molar-refractivity contribution in [1.29, 1.82) is 0 Å². The van der Waals surface area contributed by atoms with Crippen LogP contribution in [0.2, 0.25) is 0 Å². The summed E-state index contributed by atoms with van der Waals surface area (Å²) in [6, 6.07) is 10.3. The van der Waals surface area contributed by atoms with E-state index in [0.717, 1.165) is 28.9 Å². The predicted octanol–water partition coefficient (Wildman–Crippen LogP) is 2.28. The van der Waals surface area contributed by atoms with E-state index in [-0.39, 0.29) is 11.9 Å². The quantitative estimate of drug-likeness (QED) is 0.893. The molecule has 102 valence electrons. The van der Waals surface area contributed by atoms with Crippen molar-refractivity contribution in [3.8, 4) is 0 Å². The molecule has 0 aliphatic carbocycles. The molecule has 20 heavy (non-hydrogen) atoms. The van der Waals surface area contributed by atoms with Gasteiger partial charge in [0.2, 0.25) is 5.91 Å². The van der Waals surface area contributed by atoms with Gasteiger partial charge >= 0.3 is 0 Å². The van der Waals surface area contributed by atoms with Gasteiger partial charge in [0.15, 0.2) is 0 Å². The molecule has 1 aliphatic heterocycles. The Bertz CT molecular complexity index is 625. The first kappa shape index (κ1) is 12.8. The smallest absolute Gasteiger partial charge is 0.228 e. The number of pyridine rings is 1. The number of benzene rings is 1. The van der Waals surface area contributed by atoms with Crippen LogP contribution in [0.1, 0.15) is 29.7 Å². The zero-order chi connectivity index (χ0) is 13.9. The molecule has 0 saturated carbocycles. The second kappa shape index (κ2) is 5.43. The first-order chi connectivity index (χ1) is 9.78. The minimum Gasteiger partial charge on any atom is -0.326 e. The average molecular weight is 267 g/mol. The summed E-state index contributed by atoms with van der Waals surface area (Å²) in [6.07, 6.45) is 4.12. The molecule has 2 aromatic rings. The Morgan fingerprint density at radius 1 is 1.35 bits per heavy atom. The Balaban J connectivity index is 1.97. The molecule has 0 bridgehead atoms. The molecule has 0 spiro atoms. The summed E-state index contributed by atoms with van der Waals surface area (Å²) < 4.78 is 0. The summed E-state index contributed by atoms with van der Waals surface area (Å²) in [7, 11) is 0. The van der Waals surface area contributed by atoms with Crippen molar-refractivity contribution < 1.29 is 4.79 Å². The van der Waals surface area contributed by atoms with Crippen LogP contribution in [0.3, 0.4) is 0 Å². The van der Waals surface area contributed by atoms with Gasteiger partial charge in [0.1, 0.15) is 0 Å². The number of aromatic nitrogens is 1. The second-order valence-electron chi connectivity index (χ2n) is 4.92. The number of nitrogens with zero attached hydrogens (tertiary/aromatic N) is 1. The van der Waals surface area contributed by atoms with E-state index in [1.807, 2.05) is 18.3 Å². The highest BCUT2D eigenvalue weighted by Gasteiger charge is 2.20. The second-order valence-corrected chi connectivity index (χ2v) is 4.92. The number of amides is 1. The molecule has 0 saturated heterocycles. The molecule has 1 unspecified atom stereocenters. The lowest BCUT2D eigenvalue weighted by Crippen LogP contribution is -2.22. The van der Waals surface area contributed by atoms with E-state index >= 15 is 0 Å². The number of anilines is 1. The fourth-order valence-electron chi connectivity index (χ4n) is 2.61. The van der Waals surface area contributed by atoms with Crippen LogP contribution in [-0.2, 0) is 11.2 Å². The third-order valence-corrected chi connectivity index (χ3v) is 3.51. The topological polar surface area (TPSA) is 54.0 Å². The lowest BCUT2D eigenvalue weighted by atomic mass is 9.97. The van der Waals surface area contributed by atoms with Gasteiger partial charge in [-0.15, -0.1) is 0 Å². The molecule has 1 aromatic heterocycles. The van der Waals surface area contributed by atoms with Crippen LogP contribution in [0.4, 0.5) is 5.69 Å². The third kappa shape index (κ3) is 2.42. The number of hydrogen-bond acceptors (Lipinski definition) is 3. The van der Waals surface area contributed by atoms with Gasteiger partial charge in [-0.3, -0.25) is 9.78 Å². The fraction of sp³-hybridized carbons (Fsp3) is 0.250. The lowest BCUT2D eigenvalue weighted by molar-refractivity contribution is -0.115. The molecule has 3 rings (SSSR count). The summed E-state index contributed by atoms with van der Waals surface area (Å²) in [4.78, 5) is 15.6. The molecule has 0 fully saturated rings. The van der Waals surface area contributed by atoms with Gasteiger partial charge in [-0.1, -0.05) is 25.1 Å². The van der Waals surface area contributed by atoms with Crippen molar-refractivity contribution in [1.82, 2.24) is 10.3 Å². The van der Waals surface area contributed by atoms with E-state index < -0.39 is 0 Å². The minimum atomic E-state index is 0.0681. The van der Waals surface area contributed by atoms with Crippen LogP contribution in [-0.4, -0.2) is 17.4 Å². The van der Waals surface area contributed by atoms with Crippen LogP contribution >= 0.6 is 0 Å². The van der Waals surface area contributed by atoms with Crippen LogP contribution in [0.15, 0.2) is 42.7 Å². The molecular weight excluding hydrogens is 250 g/mol. The van der Waals surface area contributed by atoms with Gasteiger partial charge in [0.05, 0.1) is 12.5 Å². The van der Waals surface area contributed by atoms with Crippen molar-refractivity contribution in [2.24, 2.45) is 0 Å². The van der Waals surface area contributed by atoms with Crippen molar-refractivity contribution in [2.75, 3.05) is 11.9 Å². The maximum atomic E-state index is 11.4. The molecule has 1 amide bonds. The van der Waals surface area contributed by atoms with Gasteiger partial charge in [-0.2, -0.15) is 0 Å². The molecule has 2 heterocycles. The molecule has 0 radical (unpaired) electrons. The first-order valence-corrected chi connectivity index (χ1v) is 6.84. The SMILES string of the molecule is CCNC(c1cccnc1)c1ccc2c(c1)CC(=O)N2. The molecule has 4 nitrogen and oxygen atoms in total. The van der Waals surface area contributed by atoms with E-state index in [4.69, 9.17) is 0 Å². The largest absolute Gasteiger partial charge is 0.326 e. The van der Waals surface area contributed by atoms with Crippen LogP contribution < -0.4 is 10.6 Å². The predicted molar refractivity (Wildman–Crippen MR) is 78.5 cm³/mol. The summed E-state index contributed by atoms with van der Waals surface area (Å²) in [5.74, 6) is 0.0681. The van der Waals surface area contributed by atoms with E-state index in [2.05, 4.69) is 40.7 Å². The Morgan fingerprint density at radius 3 is 3.00 bits per heavy atom. The van der Waals surface area contributed by atoms with Gasteiger partial charge < -0.3 is 10.6 Å². The van der Waals surface area contributed by atoms with E-state index in [1.54, 1.807) is 6.20 Å². The summed E-state index contributed by atoms with van der Waals surface area (Å²) in [5.41, 5.74) is 4.29. The van der Waals surface area contributed by atoms with Crippen LogP contribution in [0.5, 0.6) is 0 Å². The van der Waals surface area contributed by atoms with Crippen LogP contribution in [0, 0.1) is 0 Å². The zero-order valence-corrected chi connectivity index (χ0v) is 11.4. The van der Waals surface area contributed by atoms with Gasteiger partial charge in [-0.25, -0.2) is 0 Å². The zero-order valence-electron chi connectivity index (χ0n) is 11.4. The number of fused-ring (bicyclic) bond motifs is 1. The fourth-order valence-corrected chi connectivity index (χ4v) is 2.61. The number of rotatable bonds is 4. The van der Waals surface area contributed by atoms with Gasteiger partial charge in [0, 0.05) is 18.1 Å². The van der Waals surface area contributed by atoms with Gasteiger partial charge in [0.25, 0.3) is 0 Å². The monoisotopic (exact) mass is 267 g/mol. The van der Waals surface area contributed by atoms with E-state index in [9.17, 15) is 4.79 Å². The van der Waals surface area contributed by atoms with Crippen molar-refractivity contribution in [3.05, 3.63) is 59.4 Å². The maximum Gasteiger partial charge on any atom is 0.228 e. The Morgan fingerprint density at radius 2 is 2.25 bits per heavy atom. The molecule has 1 atom stereocenters. The highest BCUT2D eigenvalue weighted by molar-refractivity contribution is 5.99. The van der Waals surface area contributed by atoms with Crippen molar-refractivity contribution in [2.45, 2.75) is 19.4 Å². The molecular formula is C16H17N3O. The highest BCUT2D eigenvalue weighted by atomic mass is 16.1. The summed E-state index contributed by atoms with van der Waals surface area (Å²) in [6.45, 7) is 2.95. The van der Waals surface area contributed by atoms with Crippen molar-refractivity contribution in [3.63, 3.8) is 0 Å². The molecule has 1 aromatic carbocycles. The first-order valence-electron chi connectivity index (χ1n) is 6.84. The highest BCUT2D eigenvalue weighted by Crippen LogP contribution is 2.29. The molecule has 4 heteroatoms. The standard InChI is InChI=1S/C16H17N3O/c1-2-18-16(12-4-3-7-17-10-12)11-5-6-14-13(8-11)9-15(20)19-14/h3-8,10,16,18H,2,9H2,1H3,(H,19,20). The Kier molecular flexibility index (Phi) is 3.48. The minimum absolute atomic E-state index is 0.0681. The van der Waals surface area contributed by atoms with Crippen molar-refractivity contribution >= 4 is 11.6 Å². The Labute approximate surface area is 118 Å². The average Bonchev–Trinajstić information content (AvgIpc) is 2.84. The molecule has 2 N–H and O–H groups in total. The summed E-state index contributed by atoms with van der Waals surface area (Å²) in [5, 5.41) is 6.34. The third-order valence-electron chi connectivity index (χ3n) is 3.51. The van der Waals surface area contributed by atoms with E-state index in [1.165, 1.54) is 0 Å². The van der Waals surface area contributed by atoms with E-state index in [0.29, 0.717) is 6.42 Å². The van der Waals surface area contributed by atoms with Crippen LogP contribution in [0.25, 0.3) is 0 Å². The number of hydrogen-bond donors (Lipinski definition) is 2. The number of carbonyl (C=O) groups excluding carboxylic acids is 1. The lowest BCUT2D eigenvalue weighted by Gasteiger charge is -2.19. The summed E-state index contributed by atoms with van der Waals surface area (Å²) >= 11 is 0. The molecule has 1 aliphatic rings. The Hall–Kier alpha value is -2.20. The number of nitrogens with one attached hydrogen (secondary N) is 2. The van der Waals surface area contributed by atoms with Gasteiger partial charge in [-0.05, 0) is 35.4 Å². The normalized spacial score (nSPS) is 14.8.